The van der Waals surface area contributed by atoms with Gasteiger partial charge in [-0.3, -0.25) is 9.59 Å². The van der Waals surface area contributed by atoms with Gasteiger partial charge in [0, 0.05) is 12.4 Å². The van der Waals surface area contributed by atoms with E-state index < -0.39 is 73.2 Å². The van der Waals surface area contributed by atoms with Crippen LogP contribution in [0.25, 0.3) is 0 Å². The number of rotatable bonds is 4. The molecule has 0 radical (unpaired) electrons. The highest BCUT2D eigenvalue weighted by Gasteiger charge is 2.58. The highest BCUT2D eigenvalue weighted by molar-refractivity contribution is 7.95. The van der Waals surface area contributed by atoms with Crippen LogP contribution >= 0.6 is 23.2 Å². The van der Waals surface area contributed by atoms with Crippen molar-refractivity contribution in [2.75, 3.05) is 8.61 Å². The first kappa shape index (κ1) is 27.5. The Hall–Kier alpha value is -2.70. The molecule has 2 aromatic rings. The molecule has 186 valence electrons. The van der Waals surface area contributed by atoms with Crippen molar-refractivity contribution in [2.45, 2.75) is 11.0 Å². The van der Waals surface area contributed by atoms with Crippen molar-refractivity contribution >= 4 is 66.4 Å². The normalized spacial score (nSPS) is 12.8. The van der Waals surface area contributed by atoms with Gasteiger partial charge in [-0.2, -0.15) is 51.8 Å². The molecule has 0 aliphatic carbocycles. The molecular formula is C14H6Cl2F6N4O6S2. The minimum atomic E-state index is -6.88. The summed E-state index contributed by atoms with van der Waals surface area (Å²) < 4.78 is 125. The summed E-state index contributed by atoms with van der Waals surface area (Å²) in [7, 11) is -13.8. The molecule has 0 spiro atoms. The Morgan fingerprint density at radius 2 is 1.00 bits per heavy atom. The summed E-state index contributed by atoms with van der Waals surface area (Å²) >= 11 is 11.0. The number of sulfonamides is 2. The lowest BCUT2D eigenvalue weighted by Crippen LogP contribution is -2.55. The Kier molecular flexibility index (Phi) is 7.42. The number of anilines is 2. The second-order valence-corrected chi connectivity index (χ2v) is 9.94. The summed E-state index contributed by atoms with van der Waals surface area (Å²) in [6, 6.07) is 2.42. The number of carbonyl (C=O) groups excluding carboxylic acids is 2. The van der Waals surface area contributed by atoms with Crippen LogP contribution in [0.3, 0.4) is 0 Å². The first-order chi connectivity index (χ1) is 15.4. The second-order valence-electron chi connectivity index (χ2n) is 5.67. The molecule has 2 heterocycles. The van der Waals surface area contributed by atoms with E-state index in [0.29, 0.717) is 12.1 Å². The molecule has 2 amide bonds. The molecule has 2 rings (SSSR count). The molecular weight excluding hydrogens is 569 g/mol. The van der Waals surface area contributed by atoms with E-state index in [9.17, 15) is 52.8 Å². The molecule has 34 heavy (non-hydrogen) atoms. The average Bonchev–Trinajstić information content (AvgIpc) is 2.69. The Labute approximate surface area is 195 Å². The summed E-state index contributed by atoms with van der Waals surface area (Å²) in [5.41, 5.74) is -15.4. The molecule has 0 bridgehead atoms. The number of hydrogen-bond acceptors (Lipinski definition) is 8. The van der Waals surface area contributed by atoms with Gasteiger partial charge in [-0.15, -0.1) is 0 Å². The molecule has 0 saturated carbocycles. The molecule has 0 unspecified atom stereocenters. The minimum absolute atomic E-state index is 0.448. The van der Waals surface area contributed by atoms with Crippen LogP contribution in [0.5, 0.6) is 0 Å². The lowest BCUT2D eigenvalue weighted by Gasteiger charge is -2.27. The van der Waals surface area contributed by atoms with Crippen LogP contribution in [-0.2, 0) is 29.6 Å². The molecule has 0 saturated heterocycles. The van der Waals surface area contributed by atoms with Gasteiger partial charge in [0.1, 0.15) is 0 Å². The topological polar surface area (TPSA) is 135 Å². The van der Waals surface area contributed by atoms with E-state index >= 15 is 0 Å². The van der Waals surface area contributed by atoms with E-state index in [0.717, 1.165) is 24.5 Å². The van der Waals surface area contributed by atoms with E-state index in [4.69, 9.17) is 23.2 Å². The molecule has 20 heteroatoms. The van der Waals surface area contributed by atoms with Gasteiger partial charge < -0.3 is 0 Å². The lowest BCUT2D eigenvalue weighted by atomic mass is 10.3. The minimum Gasteiger partial charge on any atom is -0.262 e. The molecule has 0 aliphatic heterocycles. The molecule has 0 aromatic carbocycles. The lowest BCUT2D eigenvalue weighted by molar-refractivity contribution is -0.135. The van der Waals surface area contributed by atoms with E-state index in [-0.39, 0.29) is 0 Å². The third kappa shape index (κ3) is 4.89. The molecule has 2 aromatic heterocycles. The van der Waals surface area contributed by atoms with Gasteiger partial charge in [-0.25, -0.2) is 9.97 Å². The van der Waals surface area contributed by atoms with Crippen molar-refractivity contribution < 1.29 is 52.8 Å². The maximum absolute atomic E-state index is 13.2. The molecule has 0 aliphatic rings. The zero-order valence-corrected chi connectivity index (χ0v) is 18.7. The fourth-order valence-corrected chi connectivity index (χ4v) is 4.46. The van der Waals surface area contributed by atoms with Gasteiger partial charge in [0.2, 0.25) is 0 Å². The van der Waals surface area contributed by atoms with Crippen molar-refractivity contribution in [1.29, 1.82) is 0 Å². The van der Waals surface area contributed by atoms with Crippen molar-refractivity contribution in [2.24, 2.45) is 0 Å². The number of aromatic nitrogens is 2. The predicted molar refractivity (Wildman–Crippen MR) is 103 cm³/mol. The number of carbonyl (C=O) groups is 2. The number of nitrogens with zero attached hydrogens (tertiary/aromatic N) is 4. The van der Waals surface area contributed by atoms with Gasteiger partial charge in [0.25, 0.3) is 0 Å². The Morgan fingerprint density at radius 3 is 1.24 bits per heavy atom. The summed E-state index contributed by atoms with van der Waals surface area (Å²) in [6.07, 6.45) is 1.65. The second kappa shape index (κ2) is 9.16. The maximum atomic E-state index is 13.2. The first-order valence-corrected chi connectivity index (χ1v) is 11.5. The predicted octanol–water partition coefficient (Wildman–Crippen LogP) is 2.85. The first-order valence-electron chi connectivity index (χ1n) is 7.88. The fraction of sp³-hybridized carbons (Fsp3) is 0.143. The highest BCUT2D eigenvalue weighted by Crippen LogP contribution is 2.37. The van der Waals surface area contributed by atoms with Crippen LogP contribution in [0.1, 0.15) is 0 Å². The molecule has 0 N–H and O–H groups in total. The monoisotopic (exact) mass is 574 g/mol. The molecule has 0 atom stereocenters. The van der Waals surface area contributed by atoms with Gasteiger partial charge in [-0.1, -0.05) is 23.2 Å². The Morgan fingerprint density at radius 1 is 0.706 bits per heavy atom. The van der Waals surface area contributed by atoms with Crippen LogP contribution in [0.4, 0.5) is 37.7 Å². The molecule has 0 fully saturated rings. The van der Waals surface area contributed by atoms with Gasteiger partial charge in [0.15, 0.2) is 10.3 Å². The number of alkyl halides is 6. The number of halogens is 8. The van der Waals surface area contributed by atoms with E-state index in [1.807, 2.05) is 0 Å². The van der Waals surface area contributed by atoms with Crippen LogP contribution < -0.4 is 8.61 Å². The summed E-state index contributed by atoms with van der Waals surface area (Å²) in [6.45, 7) is 0. The Balaban J connectivity index is 2.85. The number of pyridine rings is 2. The average molecular weight is 575 g/mol. The van der Waals surface area contributed by atoms with E-state index in [2.05, 4.69) is 9.97 Å². The smallest absolute Gasteiger partial charge is 0.262 e. The van der Waals surface area contributed by atoms with Crippen LogP contribution in [0.15, 0.2) is 36.7 Å². The van der Waals surface area contributed by atoms with Gasteiger partial charge in [-0.05, 0) is 24.3 Å². The quantitative estimate of drug-likeness (QED) is 0.309. The maximum Gasteiger partial charge on any atom is 0.517 e. The van der Waals surface area contributed by atoms with Gasteiger partial charge in [0.05, 0.1) is 11.4 Å². The number of amides is 2. The van der Waals surface area contributed by atoms with Crippen molar-refractivity contribution in [1.82, 2.24) is 9.97 Å². The Bertz CT molecular complexity index is 1250. The summed E-state index contributed by atoms with van der Waals surface area (Å²) in [5, 5.41) is -2.22. The summed E-state index contributed by atoms with van der Waals surface area (Å²) in [5.74, 6) is -5.83. The SMILES string of the molecule is O=C(C(=O)N(c1cccnc1Cl)S(=O)(=O)C(F)(F)F)N(c1cccnc1Cl)S(=O)(=O)C(F)(F)F. The largest absolute Gasteiger partial charge is 0.517 e. The van der Waals surface area contributed by atoms with Crippen LogP contribution in [-0.4, -0.2) is 49.6 Å². The van der Waals surface area contributed by atoms with E-state index in [1.54, 1.807) is 0 Å². The van der Waals surface area contributed by atoms with Crippen molar-refractivity contribution in [3.63, 3.8) is 0 Å². The van der Waals surface area contributed by atoms with E-state index in [1.165, 1.54) is 0 Å². The fourth-order valence-electron chi connectivity index (χ4n) is 2.13. The van der Waals surface area contributed by atoms with Crippen molar-refractivity contribution in [3.05, 3.63) is 47.0 Å². The van der Waals surface area contributed by atoms with Gasteiger partial charge >= 0.3 is 42.9 Å². The van der Waals surface area contributed by atoms with Crippen molar-refractivity contribution in [3.8, 4) is 0 Å². The number of hydrogen-bond donors (Lipinski definition) is 0. The third-order valence-corrected chi connectivity index (χ3v) is 6.97. The third-order valence-electron chi connectivity index (χ3n) is 3.53. The highest BCUT2D eigenvalue weighted by atomic mass is 35.5. The molecule has 10 nitrogen and oxygen atoms in total. The zero-order valence-electron chi connectivity index (χ0n) is 15.5. The van der Waals surface area contributed by atoms with Crippen LogP contribution in [0.2, 0.25) is 10.3 Å². The zero-order chi connectivity index (χ0) is 26.3. The van der Waals surface area contributed by atoms with Crippen LogP contribution in [0, 0.1) is 0 Å². The standard InChI is InChI=1S/C14H6Cl2F6N4O6S2/c15-9-7(3-1-5-23-9)25(33(29,30)13(17,18)19)11(27)12(28)26(34(31,32)14(20,21)22)8-4-2-6-24-10(8)16/h1-6H. The summed E-state index contributed by atoms with van der Waals surface area (Å²) in [4.78, 5) is 31.8.